The number of rotatable bonds is 8. The van der Waals surface area contributed by atoms with Crippen molar-refractivity contribution in [2.45, 2.75) is 19.8 Å². The van der Waals surface area contributed by atoms with Crippen LogP contribution >= 0.6 is 0 Å². The molecule has 4 nitrogen and oxygen atoms in total. The molecule has 3 N–H and O–H groups in total. The highest BCUT2D eigenvalue weighted by atomic mass is 16.5. The van der Waals surface area contributed by atoms with Crippen LogP contribution in [-0.2, 0) is 9.47 Å². The second-order valence-electron chi connectivity index (χ2n) is 2.50. The highest BCUT2D eigenvalue weighted by Gasteiger charge is 1.90. The van der Waals surface area contributed by atoms with E-state index >= 15 is 0 Å². The molecule has 0 heterocycles. The van der Waals surface area contributed by atoms with Gasteiger partial charge in [-0.05, 0) is 6.42 Å². The summed E-state index contributed by atoms with van der Waals surface area (Å²) in [5, 5.41) is 6.91. The summed E-state index contributed by atoms with van der Waals surface area (Å²) in [6.45, 7) is 4.59. The number of amidine groups is 1. The van der Waals surface area contributed by atoms with E-state index in [0.717, 1.165) is 13.0 Å². The molecular weight excluding hydrogens is 156 g/mol. The minimum atomic E-state index is 0.171. The van der Waals surface area contributed by atoms with Crippen molar-refractivity contribution in [3.05, 3.63) is 0 Å². The Bertz CT molecular complexity index is 118. The molecule has 0 bridgehead atoms. The van der Waals surface area contributed by atoms with Crippen LogP contribution in [0.25, 0.3) is 0 Å². The summed E-state index contributed by atoms with van der Waals surface area (Å²) in [5.74, 6) is 0.171. The summed E-state index contributed by atoms with van der Waals surface area (Å²) in [6.07, 6.45) is 1.54. The van der Waals surface area contributed by atoms with Gasteiger partial charge in [-0.3, -0.25) is 5.41 Å². The van der Waals surface area contributed by atoms with E-state index in [1.807, 2.05) is 0 Å². The monoisotopic (exact) mass is 174 g/mol. The fraction of sp³-hybridized carbons (Fsp3) is 0.875. The van der Waals surface area contributed by atoms with E-state index in [1.54, 1.807) is 0 Å². The Morgan fingerprint density at radius 1 is 1.17 bits per heavy atom. The predicted octanol–water partition coefficient (Wildman–Crippen LogP) is 0.756. The maximum atomic E-state index is 6.91. The number of hydrogen-bond acceptors (Lipinski definition) is 3. The van der Waals surface area contributed by atoms with Gasteiger partial charge in [0.1, 0.15) is 0 Å². The summed E-state index contributed by atoms with van der Waals surface area (Å²) >= 11 is 0. The second kappa shape index (κ2) is 8.49. The Hall–Kier alpha value is -0.610. The lowest BCUT2D eigenvalue weighted by Gasteiger charge is -2.03. The maximum absolute atomic E-state index is 6.91. The van der Waals surface area contributed by atoms with Crippen molar-refractivity contribution in [2.75, 3.05) is 26.4 Å². The third-order valence-electron chi connectivity index (χ3n) is 1.24. The Morgan fingerprint density at radius 2 is 1.75 bits per heavy atom. The van der Waals surface area contributed by atoms with Crippen molar-refractivity contribution in [3.8, 4) is 0 Å². The van der Waals surface area contributed by atoms with E-state index in [-0.39, 0.29) is 5.84 Å². The molecule has 0 aromatic carbocycles. The van der Waals surface area contributed by atoms with E-state index in [4.69, 9.17) is 20.6 Å². The van der Waals surface area contributed by atoms with Crippen LogP contribution in [0, 0.1) is 5.41 Å². The first-order valence-electron chi connectivity index (χ1n) is 4.25. The number of nitrogens with two attached hydrogens (primary N) is 1. The van der Waals surface area contributed by atoms with Gasteiger partial charge in [-0.2, -0.15) is 0 Å². The van der Waals surface area contributed by atoms with Crippen molar-refractivity contribution in [3.63, 3.8) is 0 Å². The molecule has 0 rings (SSSR count). The fourth-order valence-corrected chi connectivity index (χ4v) is 0.648. The standard InChI is InChI=1S/C8H18N2O2/c1-2-4-11-6-7-12-5-3-8(9)10/h2-7H2,1H3,(H3,9,10). The highest BCUT2D eigenvalue weighted by Crippen LogP contribution is 1.84. The molecule has 0 saturated heterocycles. The topological polar surface area (TPSA) is 68.3 Å². The molecule has 0 aromatic rings. The zero-order chi connectivity index (χ0) is 9.23. The Kier molecular flexibility index (Phi) is 8.05. The van der Waals surface area contributed by atoms with Crippen LogP contribution in [0.3, 0.4) is 0 Å². The molecule has 0 fully saturated rings. The van der Waals surface area contributed by atoms with Gasteiger partial charge in [0, 0.05) is 13.0 Å². The van der Waals surface area contributed by atoms with Crippen molar-refractivity contribution < 1.29 is 9.47 Å². The average molecular weight is 174 g/mol. The first-order chi connectivity index (χ1) is 5.77. The molecule has 0 aliphatic rings. The average Bonchev–Trinajstić information content (AvgIpc) is 2.02. The van der Waals surface area contributed by atoms with Crippen LogP contribution in [0.5, 0.6) is 0 Å². The van der Waals surface area contributed by atoms with Gasteiger partial charge in [-0.1, -0.05) is 6.92 Å². The van der Waals surface area contributed by atoms with Gasteiger partial charge in [0.2, 0.25) is 0 Å². The lowest BCUT2D eigenvalue weighted by molar-refractivity contribution is 0.0506. The lowest BCUT2D eigenvalue weighted by atomic mass is 10.4. The molecule has 0 saturated carbocycles. The van der Waals surface area contributed by atoms with Gasteiger partial charge in [0.25, 0.3) is 0 Å². The molecule has 0 amide bonds. The first kappa shape index (κ1) is 11.4. The third kappa shape index (κ3) is 9.39. The second-order valence-corrected chi connectivity index (χ2v) is 2.50. The van der Waals surface area contributed by atoms with E-state index in [1.165, 1.54) is 0 Å². The fourth-order valence-electron chi connectivity index (χ4n) is 0.648. The van der Waals surface area contributed by atoms with E-state index in [0.29, 0.717) is 26.2 Å². The van der Waals surface area contributed by atoms with Crippen LogP contribution in [-0.4, -0.2) is 32.3 Å². The van der Waals surface area contributed by atoms with Crippen molar-refractivity contribution in [1.82, 2.24) is 0 Å². The van der Waals surface area contributed by atoms with E-state index in [2.05, 4.69) is 6.92 Å². The molecular formula is C8H18N2O2. The normalized spacial score (nSPS) is 10.1. The van der Waals surface area contributed by atoms with Crippen LogP contribution in [0.15, 0.2) is 0 Å². The number of ether oxygens (including phenoxy) is 2. The van der Waals surface area contributed by atoms with Crippen molar-refractivity contribution in [1.29, 1.82) is 5.41 Å². The van der Waals surface area contributed by atoms with Crippen molar-refractivity contribution in [2.24, 2.45) is 5.73 Å². The summed E-state index contributed by atoms with van der Waals surface area (Å²) < 4.78 is 10.3. The minimum Gasteiger partial charge on any atom is -0.388 e. The maximum Gasteiger partial charge on any atom is 0.0928 e. The quantitative estimate of drug-likeness (QED) is 0.324. The summed E-state index contributed by atoms with van der Waals surface area (Å²) in [6, 6.07) is 0. The molecule has 0 unspecified atom stereocenters. The van der Waals surface area contributed by atoms with Crippen LogP contribution in [0.2, 0.25) is 0 Å². The Labute approximate surface area is 73.5 Å². The van der Waals surface area contributed by atoms with Gasteiger partial charge in [-0.15, -0.1) is 0 Å². The Morgan fingerprint density at radius 3 is 2.25 bits per heavy atom. The molecule has 0 radical (unpaired) electrons. The van der Waals surface area contributed by atoms with Gasteiger partial charge in [0.05, 0.1) is 25.7 Å². The number of hydrogen-bond donors (Lipinski definition) is 2. The van der Waals surface area contributed by atoms with Gasteiger partial charge in [0.15, 0.2) is 0 Å². The molecule has 0 aromatic heterocycles. The van der Waals surface area contributed by atoms with Crippen molar-refractivity contribution >= 4 is 5.84 Å². The predicted molar refractivity (Wildman–Crippen MR) is 48.5 cm³/mol. The van der Waals surface area contributed by atoms with E-state index < -0.39 is 0 Å². The highest BCUT2D eigenvalue weighted by molar-refractivity contribution is 5.76. The molecule has 12 heavy (non-hydrogen) atoms. The van der Waals surface area contributed by atoms with Gasteiger partial charge >= 0.3 is 0 Å². The SMILES string of the molecule is CCCOCCOCCC(=N)N. The first-order valence-corrected chi connectivity index (χ1v) is 4.25. The van der Waals surface area contributed by atoms with Crippen LogP contribution < -0.4 is 5.73 Å². The molecule has 0 aliphatic heterocycles. The molecule has 0 aliphatic carbocycles. The van der Waals surface area contributed by atoms with Crippen LogP contribution in [0.1, 0.15) is 19.8 Å². The van der Waals surface area contributed by atoms with E-state index in [9.17, 15) is 0 Å². The molecule has 0 spiro atoms. The lowest BCUT2D eigenvalue weighted by Crippen LogP contribution is -2.14. The zero-order valence-electron chi connectivity index (χ0n) is 7.64. The summed E-state index contributed by atoms with van der Waals surface area (Å²) in [4.78, 5) is 0. The summed E-state index contributed by atoms with van der Waals surface area (Å²) in [7, 11) is 0. The molecule has 72 valence electrons. The van der Waals surface area contributed by atoms with Gasteiger partial charge in [-0.25, -0.2) is 0 Å². The zero-order valence-corrected chi connectivity index (χ0v) is 7.64. The largest absolute Gasteiger partial charge is 0.388 e. The van der Waals surface area contributed by atoms with Crippen LogP contribution in [0.4, 0.5) is 0 Å². The third-order valence-corrected chi connectivity index (χ3v) is 1.24. The summed E-state index contributed by atoms with van der Waals surface area (Å²) in [5.41, 5.74) is 5.13. The minimum absolute atomic E-state index is 0.171. The molecule has 4 heteroatoms. The molecule has 0 atom stereocenters. The Balaban J connectivity index is 2.86. The van der Waals surface area contributed by atoms with Gasteiger partial charge < -0.3 is 15.2 Å². The number of nitrogens with one attached hydrogen (secondary N) is 1. The smallest absolute Gasteiger partial charge is 0.0928 e.